The molecule has 8 heteroatoms. The Morgan fingerprint density at radius 3 is 2.71 bits per heavy atom. The van der Waals surface area contributed by atoms with E-state index >= 15 is 0 Å². The summed E-state index contributed by atoms with van der Waals surface area (Å²) in [4.78, 5) is 11.7. The maximum Gasteiger partial charge on any atom is 0.324 e. The molecule has 1 heterocycles. The highest BCUT2D eigenvalue weighted by atomic mass is 35.5. The zero-order chi connectivity index (χ0) is 15.8. The first kappa shape index (κ1) is 16.1. The minimum Gasteiger partial charge on any atom is -0.468 e. The first-order valence-corrected chi connectivity index (χ1v) is 8.26. The number of methoxy groups -OCH3 is 1. The van der Waals surface area contributed by atoms with E-state index in [0.717, 1.165) is 4.31 Å². The molecule has 0 bridgehead atoms. The Hall–Kier alpha value is -1.31. The van der Waals surface area contributed by atoms with Crippen LogP contribution in [0.4, 0.5) is 5.69 Å². The summed E-state index contributed by atoms with van der Waals surface area (Å²) in [6.07, 6.45) is 1.05. The topological polar surface area (TPSA) is 89.7 Å². The van der Waals surface area contributed by atoms with E-state index in [-0.39, 0.29) is 16.5 Å². The van der Waals surface area contributed by atoms with Gasteiger partial charge in [0.15, 0.2) is 0 Å². The van der Waals surface area contributed by atoms with Gasteiger partial charge in [-0.05, 0) is 37.5 Å². The largest absolute Gasteiger partial charge is 0.468 e. The molecule has 1 atom stereocenters. The normalized spacial score (nSPS) is 19.7. The van der Waals surface area contributed by atoms with Gasteiger partial charge in [-0.1, -0.05) is 11.6 Å². The second-order valence-corrected chi connectivity index (χ2v) is 7.21. The van der Waals surface area contributed by atoms with Crippen molar-refractivity contribution in [2.75, 3.05) is 19.4 Å². The Morgan fingerprint density at radius 1 is 1.48 bits per heavy atom. The number of carbonyl (C=O) groups is 1. The number of rotatable bonds is 3. The fourth-order valence-electron chi connectivity index (χ4n) is 2.36. The van der Waals surface area contributed by atoms with Crippen LogP contribution in [0.3, 0.4) is 0 Å². The number of anilines is 1. The quantitative estimate of drug-likeness (QED) is 0.670. The van der Waals surface area contributed by atoms with E-state index in [9.17, 15) is 13.2 Å². The first-order chi connectivity index (χ1) is 9.78. The van der Waals surface area contributed by atoms with E-state index in [2.05, 4.69) is 4.74 Å². The van der Waals surface area contributed by atoms with Crippen molar-refractivity contribution in [1.82, 2.24) is 4.31 Å². The molecule has 1 unspecified atom stereocenters. The highest BCUT2D eigenvalue weighted by Crippen LogP contribution is 2.31. The Labute approximate surface area is 128 Å². The smallest absolute Gasteiger partial charge is 0.324 e. The van der Waals surface area contributed by atoms with E-state index in [1.54, 1.807) is 6.92 Å². The van der Waals surface area contributed by atoms with Crippen LogP contribution in [0.1, 0.15) is 18.4 Å². The van der Waals surface area contributed by atoms with Crippen molar-refractivity contribution < 1.29 is 17.9 Å². The van der Waals surface area contributed by atoms with E-state index < -0.39 is 22.0 Å². The predicted molar refractivity (Wildman–Crippen MR) is 79.5 cm³/mol. The van der Waals surface area contributed by atoms with E-state index in [0.29, 0.717) is 24.1 Å². The van der Waals surface area contributed by atoms with Crippen LogP contribution in [0.2, 0.25) is 5.02 Å². The number of carbonyl (C=O) groups excluding carboxylic acids is 1. The minimum atomic E-state index is -3.84. The van der Waals surface area contributed by atoms with Crippen LogP contribution in [0.15, 0.2) is 17.0 Å². The van der Waals surface area contributed by atoms with Crippen LogP contribution in [-0.2, 0) is 19.6 Å². The van der Waals surface area contributed by atoms with Crippen molar-refractivity contribution in [3.8, 4) is 0 Å². The highest BCUT2D eigenvalue weighted by Gasteiger charge is 2.40. The molecule has 0 radical (unpaired) electrons. The van der Waals surface area contributed by atoms with Crippen molar-refractivity contribution in [2.45, 2.75) is 30.7 Å². The van der Waals surface area contributed by atoms with E-state index in [1.165, 1.54) is 19.2 Å². The highest BCUT2D eigenvalue weighted by molar-refractivity contribution is 7.89. The van der Waals surface area contributed by atoms with Crippen LogP contribution < -0.4 is 5.73 Å². The lowest BCUT2D eigenvalue weighted by molar-refractivity contribution is -0.144. The number of ether oxygens (including phenoxy) is 1. The lowest BCUT2D eigenvalue weighted by Gasteiger charge is -2.22. The summed E-state index contributed by atoms with van der Waals surface area (Å²) in [5.41, 5.74) is 6.71. The van der Waals surface area contributed by atoms with Gasteiger partial charge in [-0.3, -0.25) is 4.79 Å². The van der Waals surface area contributed by atoms with E-state index in [4.69, 9.17) is 17.3 Å². The van der Waals surface area contributed by atoms with E-state index in [1.807, 2.05) is 0 Å². The molecule has 1 fully saturated rings. The molecule has 1 aromatic rings. The predicted octanol–water partition coefficient (Wildman–Crippen LogP) is 1.56. The van der Waals surface area contributed by atoms with Crippen molar-refractivity contribution in [2.24, 2.45) is 0 Å². The van der Waals surface area contributed by atoms with Crippen LogP contribution in [0.25, 0.3) is 0 Å². The summed E-state index contributed by atoms with van der Waals surface area (Å²) >= 11 is 6.00. The molecule has 0 spiro atoms. The van der Waals surface area contributed by atoms with Crippen molar-refractivity contribution in [3.05, 3.63) is 22.7 Å². The Bertz CT molecular complexity index is 652. The first-order valence-electron chi connectivity index (χ1n) is 6.44. The number of esters is 1. The van der Waals surface area contributed by atoms with Crippen LogP contribution in [0, 0.1) is 6.92 Å². The number of hydrogen-bond acceptors (Lipinski definition) is 5. The molecule has 1 aromatic carbocycles. The number of nitrogen functional groups attached to an aromatic ring is 1. The average molecular weight is 333 g/mol. The fourth-order valence-corrected chi connectivity index (χ4v) is 4.36. The lowest BCUT2D eigenvalue weighted by atomic mass is 10.2. The fraction of sp³-hybridized carbons (Fsp3) is 0.462. The zero-order valence-electron chi connectivity index (χ0n) is 11.8. The van der Waals surface area contributed by atoms with Crippen LogP contribution >= 0.6 is 11.6 Å². The monoisotopic (exact) mass is 332 g/mol. The molecule has 116 valence electrons. The SMILES string of the molecule is COC(=O)C1CCCN1S(=O)(=O)c1cc(N)c(C)c(Cl)c1. The third kappa shape index (κ3) is 2.86. The maximum atomic E-state index is 12.7. The van der Waals surface area contributed by atoms with Gasteiger partial charge in [-0.15, -0.1) is 0 Å². The number of benzene rings is 1. The van der Waals surface area contributed by atoms with Gasteiger partial charge in [-0.25, -0.2) is 8.42 Å². The molecule has 1 aliphatic rings. The molecule has 1 aliphatic heterocycles. The second kappa shape index (κ2) is 5.82. The van der Waals surface area contributed by atoms with Gasteiger partial charge in [0.05, 0.1) is 12.0 Å². The van der Waals surface area contributed by atoms with Crippen molar-refractivity contribution in [1.29, 1.82) is 0 Å². The van der Waals surface area contributed by atoms with Gasteiger partial charge in [0.1, 0.15) is 6.04 Å². The molecule has 1 saturated heterocycles. The molecule has 0 aliphatic carbocycles. The molecule has 21 heavy (non-hydrogen) atoms. The zero-order valence-corrected chi connectivity index (χ0v) is 13.4. The summed E-state index contributed by atoms with van der Waals surface area (Å²) in [5, 5.41) is 0.280. The molecular formula is C13H17ClN2O4S. The van der Waals surface area contributed by atoms with Gasteiger partial charge in [-0.2, -0.15) is 4.31 Å². The Balaban J connectivity index is 2.45. The van der Waals surface area contributed by atoms with Gasteiger partial charge >= 0.3 is 5.97 Å². The van der Waals surface area contributed by atoms with Gasteiger partial charge in [0.25, 0.3) is 0 Å². The van der Waals surface area contributed by atoms with Gasteiger partial charge in [0, 0.05) is 17.3 Å². The van der Waals surface area contributed by atoms with Crippen molar-refractivity contribution in [3.63, 3.8) is 0 Å². The summed E-state index contributed by atoms with van der Waals surface area (Å²) in [6.45, 7) is 1.98. The number of nitrogens with zero attached hydrogens (tertiary/aromatic N) is 1. The molecular weight excluding hydrogens is 316 g/mol. The van der Waals surface area contributed by atoms with Crippen LogP contribution in [-0.4, -0.2) is 38.4 Å². The summed E-state index contributed by atoms with van der Waals surface area (Å²) in [6, 6.07) is 1.93. The molecule has 2 rings (SSSR count). The average Bonchev–Trinajstić information content (AvgIpc) is 2.93. The lowest BCUT2D eigenvalue weighted by Crippen LogP contribution is -2.41. The number of sulfonamides is 1. The van der Waals surface area contributed by atoms with Crippen molar-refractivity contribution >= 4 is 33.3 Å². The third-order valence-electron chi connectivity index (χ3n) is 3.64. The number of nitrogens with two attached hydrogens (primary N) is 1. The molecule has 0 saturated carbocycles. The Morgan fingerprint density at radius 2 is 2.14 bits per heavy atom. The van der Waals surface area contributed by atoms with Crippen LogP contribution in [0.5, 0.6) is 0 Å². The molecule has 6 nitrogen and oxygen atoms in total. The maximum absolute atomic E-state index is 12.7. The second-order valence-electron chi connectivity index (χ2n) is 4.92. The Kier molecular flexibility index (Phi) is 4.46. The molecule has 2 N–H and O–H groups in total. The molecule has 0 amide bonds. The number of halogens is 1. The molecule has 0 aromatic heterocycles. The standard InChI is InChI=1S/C13H17ClN2O4S/c1-8-10(14)6-9(7-11(8)15)21(18,19)16-5-3-4-12(16)13(17)20-2/h6-7,12H,3-5,15H2,1-2H3. The summed E-state index contributed by atoms with van der Waals surface area (Å²) < 4.78 is 31.2. The number of hydrogen-bond donors (Lipinski definition) is 1. The van der Waals surface area contributed by atoms with Gasteiger partial charge < -0.3 is 10.5 Å². The third-order valence-corrected chi connectivity index (χ3v) is 5.92. The summed E-state index contributed by atoms with van der Waals surface area (Å²) in [7, 11) is -2.59. The van der Waals surface area contributed by atoms with Gasteiger partial charge in [0.2, 0.25) is 10.0 Å². The summed E-state index contributed by atoms with van der Waals surface area (Å²) in [5.74, 6) is -0.553. The minimum absolute atomic E-state index is 0.00796.